The molecule has 1 saturated heterocycles. The minimum absolute atomic E-state index is 0.138. The van der Waals surface area contributed by atoms with Crippen LogP contribution >= 0.6 is 0 Å². The van der Waals surface area contributed by atoms with Gasteiger partial charge in [-0.25, -0.2) is 13.2 Å². The summed E-state index contributed by atoms with van der Waals surface area (Å²) in [6.45, 7) is 6.12. The van der Waals surface area contributed by atoms with Gasteiger partial charge in [-0.1, -0.05) is 36.4 Å². The Morgan fingerprint density at radius 1 is 1.03 bits per heavy atom. The maximum absolute atomic E-state index is 14.2. The molecule has 2 aromatic carbocycles. The van der Waals surface area contributed by atoms with Crippen LogP contribution in [0.2, 0.25) is 0 Å². The third-order valence-electron chi connectivity index (χ3n) is 6.09. The van der Waals surface area contributed by atoms with E-state index in [4.69, 9.17) is 5.73 Å². The standard InChI is InChI=1S/C25H29N5O3S/c1-17-5-3-6-18(2)23(17)22-8-4-7-21(20-9-10-28-15-19(20)16-29-25(26)31)24(22)34(32,33)30-13-11-27-12-14-30/h3-10,15,27H,11-14,16H2,1-2H3,(H3,26,29,31). The van der Waals surface area contributed by atoms with E-state index in [1.165, 1.54) is 0 Å². The van der Waals surface area contributed by atoms with Gasteiger partial charge in [-0.15, -0.1) is 0 Å². The molecule has 8 nitrogen and oxygen atoms in total. The molecule has 1 aromatic heterocycles. The summed E-state index contributed by atoms with van der Waals surface area (Å²) in [5, 5.41) is 5.81. The predicted octanol–water partition coefficient (Wildman–Crippen LogP) is 2.79. The van der Waals surface area contributed by atoms with Gasteiger partial charge in [0.05, 0.1) is 4.90 Å². The number of urea groups is 1. The van der Waals surface area contributed by atoms with Crippen LogP contribution in [0.3, 0.4) is 0 Å². The van der Waals surface area contributed by atoms with Gasteiger partial charge in [-0.3, -0.25) is 4.98 Å². The number of amides is 2. The summed E-state index contributed by atoms with van der Waals surface area (Å²) in [6.07, 6.45) is 3.24. The van der Waals surface area contributed by atoms with Gasteiger partial charge in [0.1, 0.15) is 0 Å². The van der Waals surface area contributed by atoms with Crippen molar-refractivity contribution in [3.05, 3.63) is 71.5 Å². The maximum atomic E-state index is 14.2. The zero-order valence-electron chi connectivity index (χ0n) is 19.3. The predicted molar refractivity (Wildman–Crippen MR) is 133 cm³/mol. The van der Waals surface area contributed by atoms with Crippen LogP contribution in [0.1, 0.15) is 16.7 Å². The highest BCUT2D eigenvalue weighted by Gasteiger charge is 2.32. The quantitative estimate of drug-likeness (QED) is 0.503. The molecule has 0 spiro atoms. The molecule has 0 saturated carbocycles. The largest absolute Gasteiger partial charge is 0.352 e. The van der Waals surface area contributed by atoms with Gasteiger partial charge in [-0.05, 0) is 47.7 Å². The lowest BCUT2D eigenvalue weighted by Gasteiger charge is -2.29. The minimum Gasteiger partial charge on any atom is -0.352 e. The lowest BCUT2D eigenvalue weighted by Crippen LogP contribution is -2.46. The van der Waals surface area contributed by atoms with E-state index in [2.05, 4.69) is 15.6 Å². The van der Waals surface area contributed by atoms with Crippen LogP contribution in [0, 0.1) is 13.8 Å². The fourth-order valence-electron chi connectivity index (χ4n) is 4.49. The first-order chi connectivity index (χ1) is 16.3. The number of nitrogens with zero attached hydrogens (tertiary/aromatic N) is 2. The lowest BCUT2D eigenvalue weighted by atomic mass is 9.92. The summed E-state index contributed by atoms with van der Waals surface area (Å²) >= 11 is 0. The number of hydrogen-bond acceptors (Lipinski definition) is 5. The van der Waals surface area contributed by atoms with Crippen LogP contribution in [0.5, 0.6) is 0 Å². The summed E-state index contributed by atoms with van der Waals surface area (Å²) in [7, 11) is -3.84. The molecule has 2 heterocycles. The molecular weight excluding hydrogens is 450 g/mol. The third-order valence-corrected chi connectivity index (χ3v) is 8.09. The molecular formula is C25H29N5O3S. The van der Waals surface area contributed by atoms with Gasteiger partial charge >= 0.3 is 6.03 Å². The first-order valence-corrected chi connectivity index (χ1v) is 12.6. The molecule has 178 valence electrons. The van der Waals surface area contributed by atoms with E-state index in [1.54, 1.807) is 22.8 Å². The van der Waals surface area contributed by atoms with Crippen molar-refractivity contribution in [3.8, 4) is 22.3 Å². The highest BCUT2D eigenvalue weighted by atomic mass is 32.2. The fourth-order valence-corrected chi connectivity index (χ4v) is 6.32. The van der Waals surface area contributed by atoms with Crippen molar-refractivity contribution < 1.29 is 13.2 Å². The van der Waals surface area contributed by atoms with Gasteiger partial charge in [-0.2, -0.15) is 4.31 Å². The zero-order valence-corrected chi connectivity index (χ0v) is 20.2. The lowest BCUT2D eigenvalue weighted by molar-refractivity contribution is 0.248. The van der Waals surface area contributed by atoms with Crippen LogP contribution in [0.15, 0.2) is 59.8 Å². The smallest absolute Gasteiger partial charge is 0.312 e. The van der Waals surface area contributed by atoms with Gasteiger partial charge < -0.3 is 16.4 Å². The SMILES string of the molecule is Cc1cccc(C)c1-c1cccc(-c2ccncc2CNC(N)=O)c1S(=O)(=O)N1CCNCC1. The topological polar surface area (TPSA) is 117 Å². The minimum atomic E-state index is -3.84. The highest BCUT2D eigenvalue weighted by molar-refractivity contribution is 7.89. The molecule has 1 aliphatic rings. The molecule has 3 aromatic rings. The number of primary amides is 1. The van der Waals surface area contributed by atoms with Crippen LogP contribution in [0.25, 0.3) is 22.3 Å². The molecule has 34 heavy (non-hydrogen) atoms. The van der Waals surface area contributed by atoms with E-state index >= 15 is 0 Å². The maximum Gasteiger partial charge on any atom is 0.312 e. The van der Waals surface area contributed by atoms with Gasteiger partial charge in [0.15, 0.2) is 0 Å². The number of piperazine rings is 1. The van der Waals surface area contributed by atoms with E-state index < -0.39 is 16.1 Å². The van der Waals surface area contributed by atoms with Gasteiger partial charge in [0.2, 0.25) is 10.0 Å². The second-order valence-electron chi connectivity index (χ2n) is 8.35. The Kier molecular flexibility index (Phi) is 6.97. The number of aromatic nitrogens is 1. The molecule has 0 bridgehead atoms. The molecule has 4 N–H and O–H groups in total. The number of aryl methyl sites for hydroxylation is 2. The van der Waals surface area contributed by atoms with Gasteiger partial charge in [0.25, 0.3) is 0 Å². The molecule has 0 atom stereocenters. The summed E-state index contributed by atoms with van der Waals surface area (Å²) < 4.78 is 29.9. The van der Waals surface area contributed by atoms with Crippen molar-refractivity contribution in [1.29, 1.82) is 0 Å². The van der Waals surface area contributed by atoms with E-state index in [0.29, 0.717) is 48.4 Å². The summed E-state index contributed by atoms with van der Waals surface area (Å²) in [5.74, 6) is 0. The molecule has 2 amide bonds. The van der Waals surface area contributed by atoms with Crippen molar-refractivity contribution in [2.75, 3.05) is 26.2 Å². The Labute approximate surface area is 200 Å². The number of hydrogen-bond donors (Lipinski definition) is 3. The monoisotopic (exact) mass is 479 g/mol. The van der Waals surface area contributed by atoms with Crippen molar-refractivity contribution in [2.24, 2.45) is 5.73 Å². The third kappa shape index (κ3) is 4.68. The normalized spacial score (nSPS) is 14.6. The number of nitrogens with one attached hydrogen (secondary N) is 2. The highest BCUT2D eigenvalue weighted by Crippen LogP contribution is 2.40. The first kappa shape index (κ1) is 23.9. The van der Waals surface area contributed by atoms with Crippen molar-refractivity contribution in [2.45, 2.75) is 25.3 Å². The van der Waals surface area contributed by atoms with Crippen molar-refractivity contribution >= 4 is 16.1 Å². The molecule has 9 heteroatoms. The molecule has 1 fully saturated rings. The van der Waals surface area contributed by atoms with E-state index in [1.807, 2.05) is 50.2 Å². The number of pyridine rings is 1. The summed E-state index contributed by atoms with van der Waals surface area (Å²) in [6, 6.07) is 12.6. The molecule has 1 aliphatic heterocycles. The van der Waals surface area contributed by atoms with Crippen molar-refractivity contribution in [1.82, 2.24) is 19.9 Å². The zero-order chi connectivity index (χ0) is 24.3. The Balaban J connectivity index is 2.01. The second kappa shape index (κ2) is 9.92. The van der Waals surface area contributed by atoms with Crippen molar-refractivity contribution in [3.63, 3.8) is 0 Å². The average Bonchev–Trinajstić information content (AvgIpc) is 2.83. The fraction of sp³-hybridized carbons (Fsp3) is 0.280. The van der Waals surface area contributed by atoms with Crippen LogP contribution in [-0.4, -0.2) is 49.9 Å². The van der Waals surface area contributed by atoms with Crippen LogP contribution in [0.4, 0.5) is 4.79 Å². The first-order valence-electron chi connectivity index (χ1n) is 11.2. The Bertz CT molecular complexity index is 1300. The van der Waals surface area contributed by atoms with E-state index in [9.17, 15) is 13.2 Å². The molecule has 0 aliphatic carbocycles. The number of rotatable bonds is 6. The molecule has 4 rings (SSSR count). The summed E-state index contributed by atoms with van der Waals surface area (Å²) in [4.78, 5) is 15.8. The number of carbonyl (C=O) groups is 1. The Morgan fingerprint density at radius 2 is 1.68 bits per heavy atom. The number of benzene rings is 2. The number of carbonyl (C=O) groups excluding carboxylic acids is 1. The summed E-state index contributed by atoms with van der Waals surface area (Å²) in [5.41, 5.74) is 10.8. The molecule has 0 radical (unpaired) electrons. The average molecular weight is 480 g/mol. The van der Waals surface area contributed by atoms with E-state index in [0.717, 1.165) is 16.7 Å². The Morgan fingerprint density at radius 3 is 2.35 bits per heavy atom. The molecule has 0 unspecified atom stereocenters. The Hall–Kier alpha value is -3.27. The van der Waals surface area contributed by atoms with Crippen LogP contribution < -0.4 is 16.4 Å². The second-order valence-corrected chi connectivity index (χ2v) is 10.2. The number of sulfonamides is 1. The van der Waals surface area contributed by atoms with Gasteiger partial charge in [0, 0.05) is 56.2 Å². The number of nitrogens with two attached hydrogens (primary N) is 1. The van der Waals surface area contributed by atoms with E-state index in [-0.39, 0.29) is 11.4 Å². The van der Waals surface area contributed by atoms with Crippen LogP contribution in [-0.2, 0) is 16.6 Å².